The molecule has 0 radical (unpaired) electrons. The monoisotopic (exact) mass is 461 g/mol. The Morgan fingerprint density at radius 2 is 1.50 bits per heavy atom. The molecular weight excluding hydrogens is 434 g/mol. The third-order valence-corrected chi connectivity index (χ3v) is 6.27. The van der Waals surface area contributed by atoms with Crippen molar-refractivity contribution >= 4 is 12.1 Å². The van der Waals surface area contributed by atoms with E-state index in [2.05, 4.69) is 17.4 Å². The zero-order chi connectivity index (χ0) is 24.2. The van der Waals surface area contributed by atoms with Crippen molar-refractivity contribution in [2.45, 2.75) is 18.9 Å². The van der Waals surface area contributed by atoms with E-state index in [1.165, 1.54) is 21.1 Å². The number of ether oxygens (including phenoxy) is 3. The summed E-state index contributed by atoms with van der Waals surface area (Å²) in [5.74, 6) is -1.09. The van der Waals surface area contributed by atoms with E-state index in [1.807, 2.05) is 36.4 Å². The van der Waals surface area contributed by atoms with E-state index in [4.69, 9.17) is 14.2 Å². The summed E-state index contributed by atoms with van der Waals surface area (Å²) >= 11 is 0. The van der Waals surface area contributed by atoms with Gasteiger partial charge in [-0.1, -0.05) is 54.6 Å². The lowest BCUT2D eigenvalue weighted by molar-refractivity contribution is -0.142. The summed E-state index contributed by atoms with van der Waals surface area (Å²) in [6, 6.07) is 20.4. The van der Waals surface area contributed by atoms with Crippen LogP contribution in [0.4, 0.5) is 4.79 Å². The van der Waals surface area contributed by atoms with Gasteiger partial charge in [0.2, 0.25) is 0 Å². The van der Waals surface area contributed by atoms with E-state index in [1.54, 1.807) is 18.2 Å². The number of nitrogens with one attached hydrogen (secondary N) is 1. The fourth-order valence-corrected chi connectivity index (χ4v) is 4.45. The van der Waals surface area contributed by atoms with Gasteiger partial charge in [0.15, 0.2) is 11.5 Å². The lowest BCUT2D eigenvalue weighted by Crippen LogP contribution is -2.36. The van der Waals surface area contributed by atoms with Crippen LogP contribution in [0.5, 0.6) is 11.5 Å². The Hall–Kier alpha value is -4.00. The molecule has 1 aliphatic rings. The standard InChI is InChI=1S/C27H27NO6/c1-16(26(29)30)25(17-12-13-23(32-2)24(14-17)33-3)28-27(31)34-15-22-20-10-6-4-8-18(20)19-9-5-7-11-21(19)22/h4-14,16,22,25H,15H2,1-3H3,(H,28,31)(H,29,30). The quantitative estimate of drug-likeness (QED) is 0.490. The number of methoxy groups -OCH3 is 2. The molecule has 0 fully saturated rings. The van der Waals surface area contributed by atoms with Crippen molar-refractivity contribution < 1.29 is 28.9 Å². The van der Waals surface area contributed by atoms with Crippen LogP contribution in [-0.2, 0) is 9.53 Å². The summed E-state index contributed by atoms with van der Waals surface area (Å²) < 4.78 is 16.2. The minimum Gasteiger partial charge on any atom is -0.493 e. The van der Waals surface area contributed by atoms with Crippen LogP contribution in [0.1, 0.15) is 35.6 Å². The highest BCUT2D eigenvalue weighted by molar-refractivity contribution is 5.79. The molecule has 34 heavy (non-hydrogen) atoms. The summed E-state index contributed by atoms with van der Waals surface area (Å²) in [4.78, 5) is 24.6. The van der Waals surface area contributed by atoms with Crippen LogP contribution in [-0.4, -0.2) is 38.0 Å². The predicted molar refractivity (Wildman–Crippen MR) is 127 cm³/mol. The molecule has 0 bridgehead atoms. The van der Waals surface area contributed by atoms with Crippen LogP contribution in [0, 0.1) is 5.92 Å². The summed E-state index contributed by atoms with van der Waals surface area (Å²) in [5.41, 5.74) is 5.05. The second kappa shape index (κ2) is 9.87. The zero-order valence-electron chi connectivity index (χ0n) is 19.3. The average Bonchev–Trinajstić information content (AvgIpc) is 3.18. The van der Waals surface area contributed by atoms with Crippen molar-refractivity contribution in [2.75, 3.05) is 20.8 Å². The summed E-state index contributed by atoms with van der Waals surface area (Å²) in [6.07, 6.45) is -0.685. The second-order valence-corrected chi connectivity index (χ2v) is 8.19. The molecule has 1 amide bonds. The van der Waals surface area contributed by atoms with Crippen molar-refractivity contribution in [3.05, 3.63) is 83.4 Å². The first kappa shape index (κ1) is 23.2. The van der Waals surface area contributed by atoms with Gasteiger partial charge in [0.05, 0.1) is 26.2 Å². The number of alkyl carbamates (subject to hydrolysis) is 1. The molecule has 0 aliphatic heterocycles. The fourth-order valence-electron chi connectivity index (χ4n) is 4.45. The molecule has 4 rings (SSSR count). The number of hydrogen-bond acceptors (Lipinski definition) is 5. The number of carbonyl (C=O) groups is 2. The normalized spacial score (nSPS) is 13.9. The van der Waals surface area contributed by atoms with Crippen LogP contribution < -0.4 is 14.8 Å². The topological polar surface area (TPSA) is 94.1 Å². The van der Waals surface area contributed by atoms with Crippen LogP contribution in [0.2, 0.25) is 0 Å². The maximum Gasteiger partial charge on any atom is 0.407 e. The third-order valence-electron chi connectivity index (χ3n) is 6.27. The van der Waals surface area contributed by atoms with Gasteiger partial charge in [0.25, 0.3) is 0 Å². The van der Waals surface area contributed by atoms with Crippen molar-refractivity contribution in [3.63, 3.8) is 0 Å². The third kappa shape index (κ3) is 4.41. The van der Waals surface area contributed by atoms with E-state index < -0.39 is 24.0 Å². The van der Waals surface area contributed by atoms with E-state index in [0.717, 1.165) is 22.3 Å². The lowest BCUT2D eigenvalue weighted by Gasteiger charge is -2.24. The van der Waals surface area contributed by atoms with Crippen molar-refractivity contribution in [1.29, 1.82) is 0 Å². The van der Waals surface area contributed by atoms with E-state index in [9.17, 15) is 14.7 Å². The molecule has 1 aliphatic carbocycles. The summed E-state index contributed by atoms with van der Waals surface area (Å²) in [7, 11) is 3.01. The number of amides is 1. The van der Waals surface area contributed by atoms with Crippen molar-refractivity contribution in [3.8, 4) is 22.6 Å². The largest absolute Gasteiger partial charge is 0.493 e. The molecule has 2 N–H and O–H groups in total. The van der Waals surface area contributed by atoms with Gasteiger partial charge in [-0.2, -0.15) is 0 Å². The molecule has 3 aromatic carbocycles. The first-order valence-electron chi connectivity index (χ1n) is 11.0. The smallest absolute Gasteiger partial charge is 0.407 e. The SMILES string of the molecule is COc1ccc(C(NC(=O)OCC2c3ccccc3-c3ccccc32)C(C)C(=O)O)cc1OC. The Kier molecular flexibility index (Phi) is 6.72. The second-order valence-electron chi connectivity index (χ2n) is 8.19. The van der Waals surface area contributed by atoms with Gasteiger partial charge in [-0.15, -0.1) is 0 Å². The number of rotatable bonds is 8. The van der Waals surface area contributed by atoms with Crippen LogP contribution in [0.25, 0.3) is 11.1 Å². The Labute approximate surface area is 198 Å². The van der Waals surface area contributed by atoms with Gasteiger partial charge in [-0.25, -0.2) is 4.79 Å². The molecule has 3 aromatic rings. The number of carboxylic acids is 1. The molecule has 0 spiro atoms. The molecule has 0 heterocycles. The first-order valence-corrected chi connectivity index (χ1v) is 11.0. The van der Waals surface area contributed by atoms with Crippen LogP contribution in [0.3, 0.4) is 0 Å². The number of aliphatic carboxylic acids is 1. The Bertz CT molecular complexity index is 1160. The number of fused-ring (bicyclic) bond motifs is 3. The highest BCUT2D eigenvalue weighted by Crippen LogP contribution is 2.44. The molecule has 7 nitrogen and oxygen atoms in total. The van der Waals surface area contributed by atoms with Gasteiger partial charge in [-0.3, -0.25) is 4.79 Å². The average molecular weight is 462 g/mol. The van der Waals surface area contributed by atoms with Crippen molar-refractivity contribution in [1.82, 2.24) is 5.32 Å². The van der Waals surface area contributed by atoms with Crippen LogP contribution >= 0.6 is 0 Å². The highest BCUT2D eigenvalue weighted by atomic mass is 16.5. The van der Waals surface area contributed by atoms with Gasteiger partial charge < -0.3 is 24.6 Å². The lowest BCUT2D eigenvalue weighted by atomic mass is 9.94. The molecule has 0 saturated carbocycles. The number of carbonyl (C=O) groups excluding carboxylic acids is 1. The molecule has 176 valence electrons. The Morgan fingerprint density at radius 1 is 0.912 bits per heavy atom. The Morgan fingerprint density at radius 3 is 2.06 bits per heavy atom. The van der Waals surface area contributed by atoms with Gasteiger partial charge in [-0.05, 0) is 46.9 Å². The van der Waals surface area contributed by atoms with Gasteiger partial charge in [0, 0.05) is 5.92 Å². The molecule has 2 unspecified atom stereocenters. The first-order chi connectivity index (χ1) is 16.4. The Balaban J connectivity index is 1.53. The maximum atomic E-state index is 12.8. The minimum atomic E-state index is -1.04. The zero-order valence-corrected chi connectivity index (χ0v) is 19.3. The maximum absolute atomic E-state index is 12.8. The molecular formula is C27H27NO6. The van der Waals surface area contributed by atoms with Gasteiger partial charge in [0.1, 0.15) is 6.61 Å². The van der Waals surface area contributed by atoms with E-state index >= 15 is 0 Å². The molecule has 7 heteroatoms. The summed E-state index contributed by atoms with van der Waals surface area (Å²) in [5, 5.41) is 12.4. The fraction of sp³-hybridized carbons (Fsp3) is 0.259. The highest BCUT2D eigenvalue weighted by Gasteiger charge is 2.31. The summed E-state index contributed by atoms with van der Waals surface area (Å²) in [6.45, 7) is 1.67. The van der Waals surface area contributed by atoms with Crippen LogP contribution in [0.15, 0.2) is 66.7 Å². The van der Waals surface area contributed by atoms with Gasteiger partial charge >= 0.3 is 12.1 Å². The van der Waals surface area contributed by atoms with Crippen molar-refractivity contribution in [2.24, 2.45) is 5.92 Å². The minimum absolute atomic E-state index is 0.0884. The van der Waals surface area contributed by atoms with E-state index in [0.29, 0.717) is 17.1 Å². The van der Waals surface area contributed by atoms with E-state index in [-0.39, 0.29) is 12.5 Å². The number of carboxylic acid groups (broad SMARTS) is 1. The molecule has 0 aromatic heterocycles. The predicted octanol–water partition coefficient (Wildman–Crippen LogP) is 5.00. The molecule has 0 saturated heterocycles. The molecule has 2 atom stereocenters. The number of benzene rings is 3. The number of hydrogen-bond donors (Lipinski definition) is 2.